The highest BCUT2D eigenvalue weighted by Gasteiger charge is 2.30. The van der Waals surface area contributed by atoms with E-state index in [0.717, 1.165) is 12.1 Å². The maximum Gasteiger partial charge on any atom is 0.416 e. The number of methoxy groups -OCH3 is 1. The molecule has 4 nitrogen and oxygen atoms in total. The summed E-state index contributed by atoms with van der Waals surface area (Å²) in [7, 11) is 1.51. The summed E-state index contributed by atoms with van der Waals surface area (Å²) in [5.74, 6) is -0.151. The average Bonchev–Trinajstić information content (AvgIpc) is 2.59. The Morgan fingerprint density at radius 3 is 2.32 bits per heavy atom. The number of benzene rings is 2. The van der Waals surface area contributed by atoms with Crippen molar-refractivity contribution in [3.05, 3.63) is 59.7 Å². The number of carbonyl (C=O) groups is 2. The number of ketones is 1. The first kappa shape index (κ1) is 18.5. The van der Waals surface area contributed by atoms with Crippen molar-refractivity contribution < 1.29 is 27.5 Å². The fraction of sp³-hybridized carbons (Fsp3) is 0.222. The Kier molecular flexibility index (Phi) is 5.80. The van der Waals surface area contributed by atoms with Crippen molar-refractivity contribution in [3.8, 4) is 5.75 Å². The molecule has 0 radical (unpaired) electrons. The van der Waals surface area contributed by atoms with Crippen LogP contribution in [0.5, 0.6) is 5.75 Å². The first-order chi connectivity index (χ1) is 11.8. The quantitative estimate of drug-likeness (QED) is 0.789. The Balaban J connectivity index is 1.91. The number of amides is 1. The summed E-state index contributed by atoms with van der Waals surface area (Å²) in [6.45, 7) is 0. The van der Waals surface area contributed by atoms with Gasteiger partial charge in [0.05, 0.1) is 12.7 Å². The number of carbonyl (C=O) groups excluding carboxylic acids is 2. The Morgan fingerprint density at radius 1 is 1.04 bits per heavy atom. The number of Topliss-reactive ketones (excluding diaryl/α,β-unsaturated/α-hetero) is 1. The van der Waals surface area contributed by atoms with E-state index in [1.807, 2.05) is 0 Å². The molecule has 0 aliphatic carbocycles. The highest BCUT2D eigenvalue weighted by atomic mass is 19.4. The van der Waals surface area contributed by atoms with E-state index in [0.29, 0.717) is 11.3 Å². The molecule has 2 aromatic rings. The maximum absolute atomic E-state index is 12.6. The normalized spacial score (nSPS) is 11.0. The van der Waals surface area contributed by atoms with E-state index in [9.17, 15) is 22.8 Å². The van der Waals surface area contributed by atoms with Crippen molar-refractivity contribution in [3.63, 3.8) is 0 Å². The fourth-order valence-corrected chi connectivity index (χ4v) is 2.15. The number of halogens is 3. The molecule has 0 heterocycles. The average molecular weight is 351 g/mol. The zero-order valence-electron chi connectivity index (χ0n) is 13.4. The lowest BCUT2D eigenvalue weighted by molar-refractivity contribution is -0.137. The van der Waals surface area contributed by atoms with Gasteiger partial charge in [-0.25, -0.2) is 0 Å². The topological polar surface area (TPSA) is 55.4 Å². The minimum atomic E-state index is -4.48. The van der Waals surface area contributed by atoms with Gasteiger partial charge in [0.2, 0.25) is 5.91 Å². The van der Waals surface area contributed by atoms with E-state index in [-0.39, 0.29) is 24.3 Å². The Labute approximate surface area is 142 Å². The van der Waals surface area contributed by atoms with Gasteiger partial charge >= 0.3 is 6.18 Å². The minimum absolute atomic E-state index is 0.0386. The van der Waals surface area contributed by atoms with Gasteiger partial charge in [-0.05, 0) is 42.5 Å². The van der Waals surface area contributed by atoms with Crippen LogP contribution in [0.2, 0.25) is 0 Å². The molecule has 2 rings (SSSR count). The molecule has 132 valence electrons. The molecule has 0 fully saturated rings. The number of rotatable bonds is 6. The predicted octanol–water partition coefficient (Wildman–Crippen LogP) is 4.32. The van der Waals surface area contributed by atoms with Gasteiger partial charge in [-0.1, -0.05) is 6.07 Å². The summed E-state index contributed by atoms with van der Waals surface area (Å²) < 4.78 is 42.9. The maximum atomic E-state index is 12.6. The number of anilines is 1. The van der Waals surface area contributed by atoms with Crippen LogP contribution in [-0.2, 0) is 11.0 Å². The first-order valence-corrected chi connectivity index (χ1v) is 7.44. The highest BCUT2D eigenvalue weighted by molar-refractivity contribution is 6.00. The molecule has 25 heavy (non-hydrogen) atoms. The lowest BCUT2D eigenvalue weighted by atomic mass is 10.1. The van der Waals surface area contributed by atoms with Gasteiger partial charge in [-0.3, -0.25) is 9.59 Å². The number of alkyl halides is 3. The SMILES string of the molecule is COc1ccc(C(=O)CCC(=O)Nc2cccc(C(F)(F)F)c2)cc1. The number of hydrogen-bond donors (Lipinski definition) is 1. The third kappa shape index (κ3) is 5.34. The fourth-order valence-electron chi connectivity index (χ4n) is 2.15. The zero-order chi connectivity index (χ0) is 18.4. The molecule has 0 saturated heterocycles. The smallest absolute Gasteiger partial charge is 0.416 e. The molecule has 0 saturated carbocycles. The molecule has 0 bridgehead atoms. The van der Waals surface area contributed by atoms with Gasteiger partial charge in [-0.15, -0.1) is 0 Å². The van der Waals surface area contributed by atoms with Crippen molar-refractivity contribution in [1.82, 2.24) is 0 Å². The Hall–Kier alpha value is -2.83. The van der Waals surface area contributed by atoms with Crippen molar-refractivity contribution >= 4 is 17.4 Å². The van der Waals surface area contributed by atoms with Gasteiger partial charge in [0.25, 0.3) is 0 Å². The van der Waals surface area contributed by atoms with Crippen LogP contribution in [0.25, 0.3) is 0 Å². The Bertz CT molecular complexity index is 755. The van der Waals surface area contributed by atoms with Gasteiger partial charge in [0.15, 0.2) is 5.78 Å². The van der Waals surface area contributed by atoms with Crippen LogP contribution >= 0.6 is 0 Å². The number of hydrogen-bond acceptors (Lipinski definition) is 3. The van der Waals surface area contributed by atoms with E-state index in [2.05, 4.69) is 5.32 Å². The standard InChI is InChI=1S/C18H16F3NO3/c1-25-15-7-5-12(6-8-15)16(23)9-10-17(24)22-14-4-2-3-13(11-14)18(19,20)21/h2-8,11H,9-10H2,1H3,(H,22,24). The van der Waals surface area contributed by atoms with E-state index < -0.39 is 17.6 Å². The summed E-state index contributed by atoms with van der Waals surface area (Å²) in [4.78, 5) is 23.9. The largest absolute Gasteiger partial charge is 0.497 e. The summed E-state index contributed by atoms with van der Waals surface area (Å²) >= 11 is 0. The van der Waals surface area contributed by atoms with Crippen LogP contribution in [0.3, 0.4) is 0 Å². The second-order valence-electron chi connectivity index (χ2n) is 5.28. The molecule has 7 heteroatoms. The van der Waals surface area contributed by atoms with Crippen LogP contribution in [0.15, 0.2) is 48.5 Å². The lowest BCUT2D eigenvalue weighted by Crippen LogP contribution is -2.14. The summed E-state index contributed by atoms with van der Waals surface area (Å²) in [5.41, 5.74) is -0.371. The molecule has 0 aliphatic heterocycles. The molecule has 1 amide bonds. The monoisotopic (exact) mass is 351 g/mol. The third-order valence-corrected chi connectivity index (χ3v) is 3.46. The first-order valence-electron chi connectivity index (χ1n) is 7.44. The highest BCUT2D eigenvalue weighted by Crippen LogP contribution is 2.30. The number of ether oxygens (including phenoxy) is 1. The predicted molar refractivity (Wildman–Crippen MR) is 86.6 cm³/mol. The summed E-state index contributed by atoms with van der Waals surface area (Å²) in [6.07, 6.45) is -4.65. The van der Waals surface area contributed by atoms with E-state index in [1.165, 1.54) is 19.2 Å². The second-order valence-corrected chi connectivity index (χ2v) is 5.28. The number of nitrogens with one attached hydrogen (secondary N) is 1. The minimum Gasteiger partial charge on any atom is -0.497 e. The van der Waals surface area contributed by atoms with Gasteiger partial charge in [0, 0.05) is 24.1 Å². The molecule has 0 atom stereocenters. The lowest BCUT2D eigenvalue weighted by Gasteiger charge is -2.10. The van der Waals surface area contributed by atoms with Gasteiger partial charge < -0.3 is 10.1 Å². The van der Waals surface area contributed by atoms with Crippen LogP contribution in [-0.4, -0.2) is 18.8 Å². The Morgan fingerprint density at radius 2 is 1.72 bits per heavy atom. The third-order valence-electron chi connectivity index (χ3n) is 3.46. The molecule has 0 aliphatic rings. The van der Waals surface area contributed by atoms with Crippen LogP contribution < -0.4 is 10.1 Å². The van der Waals surface area contributed by atoms with E-state index in [4.69, 9.17) is 4.74 Å². The van der Waals surface area contributed by atoms with E-state index >= 15 is 0 Å². The molecular formula is C18H16F3NO3. The second kappa shape index (κ2) is 7.83. The van der Waals surface area contributed by atoms with E-state index in [1.54, 1.807) is 24.3 Å². The van der Waals surface area contributed by atoms with Crippen molar-refractivity contribution in [2.45, 2.75) is 19.0 Å². The van der Waals surface area contributed by atoms with Crippen molar-refractivity contribution in [2.24, 2.45) is 0 Å². The molecule has 0 aromatic heterocycles. The van der Waals surface area contributed by atoms with Gasteiger partial charge in [0.1, 0.15) is 5.75 Å². The molecule has 0 spiro atoms. The van der Waals surface area contributed by atoms with Crippen LogP contribution in [0.1, 0.15) is 28.8 Å². The van der Waals surface area contributed by atoms with Crippen molar-refractivity contribution in [2.75, 3.05) is 12.4 Å². The van der Waals surface area contributed by atoms with Crippen LogP contribution in [0.4, 0.5) is 18.9 Å². The molecule has 1 N–H and O–H groups in total. The zero-order valence-corrected chi connectivity index (χ0v) is 13.4. The summed E-state index contributed by atoms with van der Waals surface area (Å²) in [5, 5.41) is 2.37. The van der Waals surface area contributed by atoms with Crippen molar-refractivity contribution in [1.29, 1.82) is 0 Å². The molecule has 2 aromatic carbocycles. The van der Waals surface area contributed by atoms with Crippen LogP contribution in [0, 0.1) is 0 Å². The summed E-state index contributed by atoms with van der Waals surface area (Å²) in [6, 6.07) is 10.8. The van der Waals surface area contributed by atoms with Gasteiger partial charge in [-0.2, -0.15) is 13.2 Å². The molecule has 0 unspecified atom stereocenters. The molecular weight excluding hydrogens is 335 g/mol.